The van der Waals surface area contributed by atoms with Crippen LogP contribution in [0.25, 0.3) is 11.2 Å². The third-order valence-electron chi connectivity index (χ3n) is 6.38. The van der Waals surface area contributed by atoms with E-state index >= 15 is 0 Å². The van der Waals surface area contributed by atoms with Gasteiger partial charge in [0, 0.05) is 6.54 Å². The van der Waals surface area contributed by atoms with Gasteiger partial charge in [-0.05, 0) is 30.9 Å². The summed E-state index contributed by atoms with van der Waals surface area (Å²) in [6, 6.07) is 6.10. The van der Waals surface area contributed by atoms with Gasteiger partial charge in [-0.1, -0.05) is 43.2 Å². The van der Waals surface area contributed by atoms with Gasteiger partial charge in [0.15, 0.2) is 23.2 Å². The molecular weight excluding hydrogens is 425 g/mol. The molecule has 5 rings (SSSR count). The topological polar surface area (TPSA) is 105 Å². The summed E-state index contributed by atoms with van der Waals surface area (Å²) in [6.07, 6.45) is 4.76. The van der Waals surface area contributed by atoms with Crippen molar-refractivity contribution in [2.24, 2.45) is 5.92 Å². The number of aromatic nitrogens is 4. The number of halogens is 1. The summed E-state index contributed by atoms with van der Waals surface area (Å²) in [6.45, 7) is 0.827. The highest BCUT2D eigenvalue weighted by molar-refractivity contribution is 5.82. The van der Waals surface area contributed by atoms with Crippen molar-refractivity contribution >= 4 is 17.0 Å². The van der Waals surface area contributed by atoms with Crippen LogP contribution in [0.1, 0.15) is 43.9 Å². The summed E-state index contributed by atoms with van der Waals surface area (Å²) in [5.74, 6) is 6.20. The molecule has 1 saturated carbocycles. The van der Waals surface area contributed by atoms with Crippen LogP contribution in [0.5, 0.6) is 0 Å². The Bertz CT molecular complexity index is 1180. The first-order valence-corrected chi connectivity index (χ1v) is 11.3. The van der Waals surface area contributed by atoms with Gasteiger partial charge in [0.25, 0.3) is 0 Å². The number of nitrogens with one attached hydrogen (secondary N) is 1. The Labute approximate surface area is 190 Å². The molecule has 2 fully saturated rings. The Morgan fingerprint density at radius 3 is 2.73 bits per heavy atom. The third-order valence-corrected chi connectivity index (χ3v) is 6.38. The number of aliphatic hydroxyl groups excluding tert-OH is 2. The average molecular weight is 452 g/mol. The van der Waals surface area contributed by atoms with E-state index in [1.165, 1.54) is 50.8 Å². The first-order chi connectivity index (χ1) is 16.1. The van der Waals surface area contributed by atoms with Crippen LogP contribution >= 0.6 is 0 Å². The van der Waals surface area contributed by atoms with Gasteiger partial charge in [0.05, 0.1) is 11.9 Å². The van der Waals surface area contributed by atoms with Gasteiger partial charge in [-0.15, -0.1) is 0 Å². The predicted octanol–water partition coefficient (Wildman–Crippen LogP) is 2.63. The predicted molar refractivity (Wildman–Crippen MR) is 120 cm³/mol. The van der Waals surface area contributed by atoms with Gasteiger partial charge >= 0.3 is 0 Å². The standard InChI is InChI=1S/C24H26FN5O3/c25-17-9-5-4-8-16(17)10-11-18-20(31)21(32)24(33-18)30-14-29-19-22(27-13-28-23(19)30)26-12-15-6-2-1-3-7-15/h4-5,8-9,13-15,18,20-21,24,31-32H,1-3,6-7,12H2,(H,26,27,28)/t18-,20-,21-,24-/m1/s1. The van der Waals surface area contributed by atoms with Crippen molar-refractivity contribution in [1.82, 2.24) is 19.5 Å². The molecule has 1 aliphatic heterocycles. The number of nitrogens with zero attached hydrogens (tertiary/aromatic N) is 4. The molecule has 0 bridgehead atoms. The van der Waals surface area contributed by atoms with Crippen molar-refractivity contribution in [3.8, 4) is 11.8 Å². The number of hydrogen-bond donors (Lipinski definition) is 3. The van der Waals surface area contributed by atoms with Crippen LogP contribution in [0.15, 0.2) is 36.9 Å². The van der Waals surface area contributed by atoms with Crippen LogP contribution < -0.4 is 5.32 Å². The molecule has 1 aliphatic carbocycles. The highest BCUT2D eigenvalue weighted by atomic mass is 19.1. The lowest BCUT2D eigenvalue weighted by Crippen LogP contribution is -2.31. The molecule has 3 aromatic rings. The lowest BCUT2D eigenvalue weighted by atomic mass is 9.89. The van der Waals surface area contributed by atoms with Crippen LogP contribution in [-0.2, 0) is 4.74 Å². The smallest absolute Gasteiger partial charge is 0.167 e. The molecule has 0 radical (unpaired) electrons. The maximum atomic E-state index is 13.8. The quantitative estimate of drug-likeness (QED) is 0.524. The van der Waals surface area contributed by atoms with Crippen molar-refractivity contribution in [3.63, 3.8) is 0 Å². The maximum Gasteiger partial charge on any atom is 0.167 e. The fourth-order valence-electron chi connectivity index (χ4n) is 4.52. The van der Waals surface area contributed by atoms with E-state index in [9.17, 15) is 14.6 Å². The number of aliphatic hydroxyl groups is 2. The van der Waals surface area contributed by atoms with Crippen LogP contribution in [0.2, 0.25) is 0 Å². The Balaban J connectivity index is 1.35. The summed E-state index contributed by atoms with van der Waals surface area (Å²) in [5, 5.41) is 24.5. The summed E-state index contributed by atoms with van der Waals surface area (Å²) in [4.78, 5) is 13.1. The minimum atomic E-state index is -1.27. The van der Waals surface area contributed by atoms with Crippen molar-refractivity contribution in [1.29, 1.82) is 0 Å². The number of ether oxygens (including phenoxy) is 1. The monoisotopic (exact) mass is 451 g/mol. The van der Waals surface area contributed by atoms with E-state index < -0.39 is 30.4 Å². The van der Waals surface area contributed by atoms with Crippen LogP contribution in [0.3, 0.4) is 0 Å². The summed E-state index contributed by atoms with van der Waals surface area (Å²) in [7, 11) is 0. The van der Waals surface area contributed by atoms with Crippen molar-refractivity contribution < 1.29 is 19.3 Å². The van der Waals surface area contributed by atoms with Gasteiger partial charge < -0.3 is 20.3 Å². The average Bonchev–Trinajstić information content (AvgIpc) is 3.39. The first kappa shape index (κ1) is 21.8. The number of anilines is 1. The Morgan fingerprint density at radius 1 is 1.09 bits per heavy atom. The lowest BCUT2D eigenvalue weighted by Gasteiger charge is -2.22. The van der Waals surface area contributed by atoms with E-state index in [1.54, 1.807) is 22.8 Å². The van der Waals surface area contributed by atoms with Gasteiger partial charge in [-0.2, -0.15) is 0 Å². The van der Waals surface area contributed by atoms with E-state index in [4.69, 9.17) is 4.74 Å². The highest BCUT2D eigenvalue weighted by Crippen LogP contribution is 2.32. The summed E-state index contributed by atoms with van der Waals surface area (Å²) < 4.78 is 21.3. The second-order valence-electron chi connectivity index (χ2n) is 8.61. The van der Waals surface area contributed by atoms with Crippen LogP contribution in [-0.4, -0.2) is 54.6 Å². The number of rotatable bonds is 4. The summed E-state index contributed by atoms with van der Waals surface area (Å²) in [5.41, 5.74) is 1.25. The SMILES string of the molecule is O[C@@H]1[C@H](O)[C@@H](C#Cc2ccccc2F)O[C@H]1n1cnc2c(NCC3CCCCC3)ncnc21. The van der Waals surface area contributed by atoms with E-state index in [1.807, 2.05) is 0 Å². The molecule has 172 valence electrons. The molecule has 9 heteroatoms. The first-order valence-electron chi connectivity index (χ1n) is 11.3. The van der Waals surface area contributed by atoms with Crippen molar-refractivity contribution in [2.45, 2.75) is 56.6 Å². The van der Waals surface area contributed by atoms with E-state index in [-0.39, 0.29) is 5.56 Å². The third kappa shape index (κ3) is 4.42. The van der Waals surface area contributed by atoms with Crippen molar-refractivity contribution in [2.75, 3.05) is 11.9 Å². The normalized spacial score (nSPS) is 25.7. The van der Waals surface area contributed by atoms with E-state index in [0.29, 0.717) is 22.9 Å². The number of fused-ring (bicyclic) bond motifs is 1. The second-order valence-corrected chi connectivity index (χ2v) is 8.61. The molecule has 4 atom stereocenters. The molecule has 2 aromatic heterocycles. The Hall–Kier alpha value is -3.06. The van der Waals surface area contributed by atoms with Gasteiger partial charge in [-0.3, -0.25) is 4.57 Å². The summed E-state index contributed by atoms with van der Waals surface area (Å²) >= 11 is 0. The molecule has 1 aromatic carbocycles. The Morgan fingerprint density at radius 2 is 1.91 bits per heavy atom. The highest BCUT2D eigenvalue weighted by Gasteiger charge is 2.43. The molecular formula is C24H26FN5O3. The zero-order valence-corrected chi connectivity index (χ0v) is 18.1. The van der Waals surface area contributed by atoms with Crippen LogP contribution in [0.4, 0.5) is 10.2 Å². The molecule has 0 spiro atoms. The maximum absolute atomic E-state index is 13.8. The fourth-order valence-corrected chi connectivity index (χ4v) is 4.52. The van der Waals surface area contributed by atoms with Gasteiger partial charge in [0.1, 0.15) is 30.5 Å². The molecule has 8 nitrogen and oxygen atoms in total. The molecule has 1 saturated heterocycles. The molecule has 0 amide bonds. The molecule has 33 heavy (non-hydrogen) atoms. The fraction of sp³-hybridized carbons (Fsp3) is 0.458. The minimum absolute atomic E-state index is 0.195. The van der Waals surface area contributed by atoms with Gasteiger partial charge in [-0.25, -0.2) is 19.3 Å². The lowest BCUT2D eigenvalue weighted by molar-refractivity contribution is -0.0230. The van der Waals surface area contributed by atoms with Gasteiger partial charge in [0.2, 0.25) is 0 Å². The van der Waals surface area contributed by atoms with E-state index in [0.717, 1.165) is 6.54 Å². The van der Waals surface area contributed by atoms with Crippen molar-refractivity contribution in [3.05, 3.63) is 48.3 Å². The van der Waals surface area contributed by atoms with Crippen LogP contribution in [0, 0.1) is 23.6 Å². The largest absolute Gasteiger partial charge is 0.386 e. The number of benzene rings is 1. The zero-order chi connectivity index (χ0) is 22.8. The zero-order valence-electron chi connectivity index (χ0n) is 18.1. The molecule has 2 aliphatic rings. The molecule has 3 heterocycles. The molecule has 0 unspecified atom stereocenters. The molecule has 3 N–H and O–H groups in total. The minimum Gasteiger partial charge on any atom is -0.386 e. The van der Waals surface area contributed by atoms with E-state index in [2.05, 4.69) is 32.1 Å². The second kappa shape index (κ2) is 9.43. The Kier molecular flexibility index (Phi) is 6.22. The number of imidazole rings is 1. The number of hydrogen-bond acceptors (Lipinski definition) is 7.